The molecule has 9 heteroatoms. The van der Waals surface area contributed by atoms with Crippen molar-refractivity contribution in [1.82, 2.24) is 15.5 Å². The van der Waals surface area contributed by atoms with Gasteiger partial charge in [-0.25, -0.2) is 9.18 Å². The molecule has 0 bridgehead atoms. The third-order valence-corrected chi connectivity index (χ3v) is 6.00. The van der Waals surface area contributed by atoms with Crippen molar-refractivity contribution in [2.24, 2.45) is 0 Å². The predicted molar refractivity (Wildman–Crippen MR) is 132 cm³/mol. The van der Waals surface area contributed by atoms with E-state index in [-0.39, 0.29) is 5.89 Å². The van der Waals surface area contributed by atoms with Gasteiger partial charge >= 0.3 is 6.03 Å². The maximum Gasteiger partial charge on any atom is 0.327 e. The molecule has 182 valence electrons. The fourth-order valence-corrected chi connectivity index (χ4v) is 4.18. The lowest BCUT2D eigenvalue weighted by molar-refractivity contribution is 0.244. The smallest absolute Gasteiger partial charge is 0.327 e. The van der Waals surface area contributed by atoms with E-state index in [0.29, 0.717) is 34.3 Å². The van der Waals surface area contributed by atoms with Gasteiger partial charge in [0.05, 0.1) is 31.5 Å². The number of halogens is 1. The van der Waals surface area contributed by atoms with E-state index in [9.17, 15) is 9.18 Å². The van der Waals surface area contributed by atoms with Crippen LogP contribution in [0.5, 0.6) is 11.5 Å². The van der Waals surface area contributed by atoms with E-state index in [2.05, 4.69) is 15.5 Å². The molecule has 1 aromatic heterocycles. The highest BCUT2D eigenvalue weighted by atomic mass is 19.1. The Morgan fingerprint density at radius 1 is 0.972 bits per heavy atom. The lowest BCUT2D eigenvalue weighted by Crippen LogP contribution is -2.46. The number of aromatic nitrogens is 2. The molecule has 4 aromatic rings. The molecule has 0 fully saturated rings. The second kappa shape index (κ2) is 9.53. The van der Waals surface area contributed by atoms with Crippen molar-refractivity contribution in [3.05, 3.63) is 95.8 Å². The Hall–Kier alpha value is -4.66. The minimum Gasteiger partial charge on any atom is -0.497 e. The van der Waals surface area contributed by atoms with Gasteiger partial charge in [0.15, 0.2) is 0 Å². The van der Waals surface area contributed by atoms with E-state index in [1.54, 1.807) is 33.3 Å². The molecular formula is C27H23FN4O4. The van der Waals surface area contributed by atoms with Crippen molar-refractivity contribution in [2.75, 3.05) is 19.1 Å². The Labute approximate surface area is 207 Å². The third-order valence-electron chi connectivity index (χ3n) is 6.00. The number of hydrogen-bond acceptors (Lipinski definition) is 6. The number of ether oxygens (including phenoxy) is 2. The van der Waals surface area contributed by atoms with Crippen LogP contribution >= 0.6 is 0 Å². The molecule has 1 unspecified atom stereocenters. The van der Waals surface area contributed by atoms with E-state index in [1.807, 2.05) is 48.5 Å². The molecule has 0 saturated carbocycles. The molecule has 1 aliphatic rings. The van der Waals surface area contributed by atoms with Crippen molar-refractivity contribution >= 4 is 17.3 Å². The van der Waals surface area contributed by atoms with Gasteiger partial charge in [-0.05, 0) is 67.1 Å². The fraction of sp³-hybridized carbons (Fsp3) is 0.148. The van der Waals surface area contributed by atoms with E-state index >= 15 is 0 Å². The minimum absolute atomic E-state index is 0.237. The second-order valence-electron chi connectivity index (χ2n) is 8.12. The summed E-state index contributed by atoms with van der Waals surface area (Å²) < 4.78 is 30.2. The van der Waals surface area contributed by atoms with E-state index in [0.717, 1.165) is 11.1 Å². The Kier molecular flexibility index (Phi) is 6.12. The second-order valence-corrected chi connectivity index (χ2v) is 8.12. The SMILES string of the molecule is COc1ccc(-c2noc(C3=C(C)N(c4cccc(F)c4)C(=O)NC3c3ccc(OC)cc3)n2)cc1. The topological polar surface area (TPSA) is 89.7 Å². The largest absolute Gasteiger partial charge is 0.497 e. The first kappa shape index (κ1) is 23.1. The number of allylic oxidation sites excluding steroid dienone is 1. The number of urea groups is 1. The molecular weight excluding hydrogens is 463 g/mol. The molecule has 0 aliphatic carbocycles. The first-order valence-electron chi connectivity index (χ1n) is 11.2. The summed E-state index contributed by atoms with van der Waals surface area (Å²) in [4.78, 5) is 19.3. The van der Waals surface area contributed by atoms with Crippen LogP contribution in [0.3, 0.4) is 0 Å². The number of benzene rings is 3. The molecule has 36 heavy (non-hydrogen) atoms. The molecule has 3 aromatic carbocycles. The van der Waals surface area contributed by atoms with Crippen LogP contribution in [0.1, 0.15) is 24.4 Å². The van der Waals surface area contributed by atoms with Crippen molar-refractivity contribution < 1.29 is 23.2 Å². The van der Waals surface area contributed by atoms with Crippen LogP contribution in [-0.2, 0) is 0 Å². The number of carbonyl (C=O) groups is 1. The molecule has 2 heterocycles. The number of methoxy groups -OCH3 is 2. The summed E-state index contributed by atoms with van der Waals surface area (Å²) in [5.41, 5.74) is 3.05. The summed E-state index contributed by atoms with van der Waals surface area (Å²) in [6.07, 6.45) is 0. The van der Waals surface area contributed by atoms with Crippen molar-refractivity contribution in [2.45, 2.75) is 13.0 Å². The molecule has 1 atom stereocenters. The van der Waals surface area contributed by atoms with Crippen LogP contribution in [0.15, 0.2) is 83.0 Å². The lowest BCUT2D eigenvalue weighted by atomic mass is 9.94. The maximum atomic E-state index is 14.0. The fourth-order valence-electron chi connectivity index (χ4n) is 4.18. The summed E-state index contributed by atoms with van der Waals surface area (Å²) in [5, 5.41) is 7.17. The zero-order valence-corrected chi connectivity index (χ0v) is 19.9. The van der Waals surface area contributed by atoms with E-state index in [4.69, 9.17) is 14.0 Å². The molecule has 8 nitrogen and oxygen atoms in total. The summed E-state index contributed by atoms with van der Waals surface area (Å²) in [5.74, 6) is 1.56. The molecule has 2 amide bonds. The van der Waals surface area contributed by atoms with Crippen LogP contribution < -0.4 is 19.7 Å². The quantitative estimate of drug-likeness (QED) is 0.382. The van der Waals surface area contributed by atoms with Gasteiger partial charge in [0, 0.05) is 11.3 Å². The zero-order valence-electron chi connectivity index (χ0n) is 19.9. The zero-order chi connectivity index (χ0) is 25.2. The van der Waals surface area contributed by atoms with Gasteiger partial charge in [0.1, 0.15) is 17.3 Å². The van der Waals surface area contributed by atoms with Crippen LogP contribution in [0.4, 0.5) is 14.9 Å². The molecule has 1 N–H and O–H groups in total. The number of hydrogen-bond donors (Lipinski definition) is 1. The number of nitrogens with one attached hydrogen (secondary N) is 1. The van der Waals surface area contributed by atoms with Gasteiger partial charge in [-0.2, -0.15) is 4.98 Å². The Morgan fingerprint density at radius 2 is 1.64 bits per heavy atom. The van der Waals surface area contributed by atoms with Crippen LogP contribution in [0.25, 0.3) is 17.0 Å². The normalized spacial score (nSPS) is 15.6. The molecule has 0 radical (unpaired) electrons. The van der Waals surface area contributed by atoms with Crippen LogP contribution in [-0.4, -0.2) is 30.4 Å². The highest BCUT2D eigenvalue weighted by molar-refractivity contribution is 6.01. The Balaban J connectivity index is 1.62. The highest BCUT2D eigenvalue weighted by Gasteiger charge is 2.36. The van der Waals surface area contributed by atoms with Gasteiger partial charge in [-0.1, -0.05) is 23.4 Å². The standard InChI is InChI=1S/C27H23FN4O4/c1-16-23(26-30-25(31-36-26)18-9-13-22(35-3)14-10-18)24(17-7-11-21(34-2)12-8-17)29-27(33)32(16)20-6-4-5-19(28)15-20/h4-15,24H,1-3H3,(H,29,33). The average molecular weight is 487 g/mol. The number of rotatable bonds is 6. The molecule has 0 saturated heterocycles. The highest BCUT2D eigenvalue weighted by Crippen LogP contribution is 2.39. The first-order chi connectivity index (χ1) is 17.5. The number of carbonyl (C=O) groups excluding carboxylic acids is 1. The average Bonchev–Trinajstić information content (AvgIpc) is 3.38. The molecule has 5 rings (SSSR count). The monoisotopic (exact) mass is 486 g/mol. The third kappa shape index (κ3) is 4.26. The van der Waals surface area contributed by atoms with Gasteiger partial charge in [-0.3, -0.25) is 4.90 Å². The summed E-state index contributed by atoms with van der Waals surface area (Å²) in [6, 6.07) is 19.5. The number of nitrogens with zero attached hydrogens (tertiary/aromatic N) is 3. The summed E-state index contributed by atoms with van der Waals surface area (Å²) >= 11 is 0. The molecule has 1 aliphatic heterocycles. The van der Waals surface area contributed by atoms with Crippen molar-refractivity contribution in [1.29, 1.82) is 0 Å². The lowest BCUT2D eigenvalue weighted by Gasteiger charge is -2.35. The minimum atomic E-state index is -0.586. The maximum absolute atomic E-state index is 14.0. The van der Waals surface area contributed by atoms with Gasteiger partial charge < -0.3 is 19.3 Å². The van der Waals surface area contributed by atoms with Crippen LogP contribution in [0, 0.1) is 5.82 Å². The van der Waals surface area contributed by atoms with Gasteiger partial charge in [0.2, 0.25) is 5.82 Å². The first-order valence-corrected chi connectivity index (χ1v) is 11.2. The van der Waals surface area contributed by atoms with E-state index in [1.165, 1.54) is 17.0 Å². The van der Waals surface area contributed by atoms with Crippen molar-refractivity contribution in [3.63, 3.8) is 0 Å². The summed E-state index contributed by atoms with van der Waals surface area (Å²) in [6.45, 7) is 1.77. The Bertz CT molecular complexity index is 1430. The van der Waals surface area contributed by atoms with Gasteiger partial charge in [0.25, 0.3) is 5.89 Å². The summed E-state index contributed by atoms with van der Waals surface area (Å²) in [7, 11) is 3.18. The van der Waals surface area contributed by atoms with Crippen LogP contribution in [0.2, 0.25) is 0 Å². The number of anilines is 1. The van der Waals surface area contributed by atoms with E-state index < -0.39 is 17.9 Å². The molecule has 0 spiro atoms. The number of amides is 2. The van der Waals surface area contributed by atoms with Crippen molar-refractivity contribution in [3.8, 4) is 22.9 Å². The van der Waals surface area contributed by atoms with Gasteiger partial charge in [-0.15, -0.1) is 0 Å². The Morgan fingerprint density at radius 3 is 2.28 bits per heavy atom. The predicted octanol–water partition coefficient (Wildman–Crippen LogP) is 5.60.